The highest BCUT2D eigenvalue weighted by Gasteiger charge is 2.34. The zero-order valence-corrected chi connectivity index (χ0v) is 24.3. The normalized spacial score (nSPS) is 15.6. The third kappa shape index (κ3) is 7.85. The molecule has 0 radical (unpaired) electrons. The van der Waals surface area contributed by atoms with Crippen LogP contribution >= 0.6 is 23.2 Å². The van der Waals surface area contributed by atoms with Gasteiger partial charge >= 0.3 is 12.4 Å². The largest absolute Gasteiger partial charge is 0.573 e. The minimum absolute atomic E-state index is 0.219. The molecule has 3 aromatic carbocycles. The summed E-state index contributed by atoms with van der Waals surface area (Å²) in [5.74, 6) is -1.05. The van der Waals surface area contributed by atoms with Crippen LogP contribution in [0.1, 0.15) is 29.2 Å². The van der Waals surface area contributed by atoms with Gasteiger partial charge in [0.25, 0.3) is 5.91 Å². The Labute approximate surface area is 254 Å². The Balaban J connectivity index is 0.000000251. The van der Waals surface area contributed by atoms with Crippen molar-refractivity contribution in [1.82, 2.24) is 10.3 Å². The number of alkyl halides is 3. The van der Waals surface area contributed by atoms with Crippen molar-refractivity contribution in [3.63, 3.8) is 0 Å². The van der Waals surface area contributed by atoms with Crippen molar-refractivity contribution in [1.29, 1.82) is 0 Å². The molecule has 3 aromatic rings. The van der Waals surface area contributed by atoms with E-state index in [1.165, 1.54) is 24.2 Å². The summed E-state index contributed by atoms with van der Waals surface area (Å²) in [5.41, 5.74) is 12.0. The van der Waals surface area contributed by atoms with E-state index in [0.717, 1.165) is 11.3 Å². The maximum atomic E-state index is 12.7. The smallest absolute Gasteiger partial charge is 0.404 e. The lowest BCUT2D eigenvalue weighted by Gasteiger charge is -2.22. The van der Waals surface area contributed by atoms with Crippen LogP contribution in [-0.4, -0.2) is 47.8 Å². The van der Waals surface area contributed by atoms with Crippen LogP contribution in [0.2, 0.25) is 10.0 Å². The highest BCUT2D eigenvalue weighted by Crippen LogP contribution is 2.36. The van der Waals surface area contributed by atoms with Gasteiger partial charge in [0.2, 0.25) is 0 Å². The summed E-state index contributed by atoms with van der Waals surface area (Å²) in [7, 11) is 1.47. The molecule has 0 aliphatic carbocycles. The maximum Gasteiger partial charge on any atom is 0.573 e. The Morgan fingerprint density at radius 1 is 1.09 bits per heavy atom. The average molecular weight is 633 g/mol. The number of primary amides is 1. The first kappa shape index (κ1) is 31.4. The van der Waals surface area contributed by atoms with Crippen LogP contribution in [0, 0.1) is 0 Å². The summed E-state index contributed by atoms with van der Waals surface area (Å²) < 4.78 is 42.2. The summed E-state index contributed by atoms with van der Waals surface area (Å²) in [6.07, 6.45) is -1.23. The van der Waals surface area contributed by atoms with Crippen LogP contribution in [-0.2, 0) is 11.2 Å². The Kier molecular flexibility index (Phi) is 9.62. The zero-order valence-electron chi connectivity index (χ0n) is 22.7. The number of nitrogens with zero attached hydrogens (tertiary/aromatic N) is 3. The number of carbonyl (C=O) groups excluding carboxylic acids is 2. The molecule has 9 nitrogen and oxygen atoms in total. The predicted octanol–water partition coefficient (Wildman–Crippen LogP) is 6.20. The highest BCUT2D eigenvalue weighted by atomic mass is 35.5. The molecule has 5 rings (SSSR count). The number of nitrogens with one attached hydrogen (secondary N) is 2. The molecule has 14 heteroatoms. The van der Waals surface area contributed by atoms with Crippen LogP contribution in [0.3, 0.4) is 0 Å². The van der Waals surface area contributed by atoms with E-state index in [9.17, 15) is 22.8 Å². The second-order valence-electron chi connectivity index (χ2n) is 9.29. The molecule has 0 unspecified atom stereocenters. The number of urea groups is 1. The van der Waals surface area contributed by atoms with Crippen LogP contribution < -0.4 is 21.2 Å². The number of para-hydroxylation sites is 1. The summed E-state index contributed by atoms with van der Waals surface area (Å²) in [5, 5.41) is 12.4. The number of amides is 3. The van der Waals surface area contributed by atoms with Gasteiger partial charge in [-0.3, -0.25) is 10.2 Å². The SMILES string of the molecule is CNC(=O)N1N=C(c2ccc(Cl)cc2)c2cc(Cl)c(OC(F)(F)F)cc2C[C@@H]1C.NC(=O)C1=NNc2ccccc2C=C1. The number of anilines is 1. The number of hydrogen-bond acceptors (Lipinski definition) is 6. The lowest BCUT2D eigenvalue weighted by molar-refractivity contribution is -0.274. The molecule has 0 aromatic heterocycles. The third-order valence-corrected chi connectivity index (χ3v) is 6.80. The summed E-state index contributed by atoms with van der Waals surface area (Å²) in [6.45, 7) is 1.74. The number of hydrogen-bond donors (Lipinski definition) is 3. The first-order chi connectivity index (χ1) is 20.4. The molecule has 224 valence electrons. The van der Waals surface area contributed by atoms with Crippen molar-refractivity contribution < 1.29 is 27.5 Å². The summed E-state index contributed by atoms with van der Waals surface area (Å²) in [4.78, 5) is 23.2. The molecule has 0 spiro atoms. The van der Waals surface area contributed by atoms with E-state index in [-0.39, 0.29) is 17.2 Å². The number of benzene rings is 3. The lowest BCUT2D eigenvalue weighted by atomic mass is 9.94. The van der Waals surface area contributed by atoms with Crippen LogP contribution in [0.4, 0.5) is 23.7 Å². The molecule has 0 saturated carbocycles. The number of hydrazone groups is 2. The summed E-state index contributed by atoms with van der Waals surface area (Å²) in [6, 6.07) is 16.1. The summed E-state index contributed by atoms with van der Waals surface area (Å²) >= 11 is 12.0. The highest BCUT2D eigenvalue weighted by molar-refractivity contribution is 6.43. The van der Waals surface area contributed by atoms with Gasteiger partial charge in [0.15, 0.2) is 0 Å². The Hall–Kier alpha value is -4.55. The van der Waals surface area contributed by atoms with Gasteiger partial charge in [-0.2, -0.15) is 10.2 Å². The topological polar surface area (TPSA) is 121 Å². The molecular formula is C29H25Cl2F3N6O3. The van der Waals surface area contributed by atoms with E-state index in [0.29, 0.717) is 27.4 Å². The van der Waals surface area contributed by atoms with Crippen molar-refractivity contribution in [3.05, 3.63) is 99.0 Å². The number of fused-ring (bicyclic) bond motifs is 2. The molecule has 0 fully saturated rings. The first-order valence-corrected chi connectivity index (χ1v) is 13.5. The van der Waals surface area contributed by atoms with Gasteiger partial charge in [-0.1, -0.05) is 59.6 Å². The number of ether oxygens (including phenoxy) is 1. The van der Waals surface area contributed by atoms with Crippen molar-refractivity contribution in [3.8, 4) is 5.75 Å². The van der Waals surface area contributed by atoms with Gasteiger partial charge < -0.3 is 15.8 Å². The minimum atomic E-state index is -4.88. The molecule has 3 amide bonds. The molecule has 0 bridgehead atoms. The van der Waals surface area contributed by atoms with Gasteiger partial charge in [-0.25, -0.2) is 9.80 Å². The average Bonchev–Trinajstić information content (AvgIpc) is 3.25. The third-order valence-electron chi connectivity index (χ3n) is 6.25. The lowest BCUT2D eigenvalue weighted by Crippen LogP contribution is -2.41. The number of halogens is 5. The van der Waals surface area contributed by atoms with Crippen molar-refractivity contribution >= 4 is 58.3 Å². The van der Waals surface area contributed by atoms with Crippen molar-refractivity contribution in [2.45, 2.75) is 25.7 Å². The first-order valence-electron chi connectivity index (χ1n) is 12.7. The van der Waals surface area contributed by atoms with E-state index in [4.69, 9.17) is 28.9 Å². The second-order valence-corrected chi connectivity index (χ2v) is 10.1. The quantitative estimate of drug-likeness (QED) is 0.318. The molecule has 2 aliphatic heterocycles. The van der Waals surface area contributed by atoms with Gasteiger partial charge in [0.1, 0.15) is 11.5 Å². The standard InChI is InChI=1S/C19H16Cl2F3N3O2.C10H9N3O/c1-10-7-12-8-16(29-19(22,23)24)15(21)9-14(12)17(26-27(10)18(28)25-2)11-3-5-13(20)6-4-11;11-10(14)9-6-5-7-3-1-2-4-8(7)12-13-9/h3-6,8-10H,7H2,1-2H3,(H,25,28);1-6,12H,(H2,11,14)/t10-;/m0./s1. The number of nitrogens with two attached hydrogens (primary N) is 1. The molecule has 4 N–H and O–H groups in total. The predicted molar refractivity (Wildman–Crippen MR) is 160 cm³/mol. The van der Waals surface area contributed by atoms with E-state index in [1.807, 2.05) is 24.3 Å². The van der Waals surface area contributed by atoms with E-state index in [2.05, 4.69) is 25.7 Å². The van der Waals surface area contributed by atoms with Gasteiger partial charge in [-0.15, -0.1) is 13.2 Å². The Morgan fingerprint density at radius 3 is 2.44 bits per heavy atom. The van der Waals surface area contributed by atoms with Crippen LogP contribution in [0.5, 0.6) is 5.75 Å². The minimum Gasteiger partial charge on any atom is -0.404 e. The zero-order chi connectivity index (χ0) is 31.3. The van der Waals surface area contributed by atoms with E-state index < -0.39 is 30.1 Å². The Bertz CT molecular complexity index is 1620. The maximum absolute atomic E-state index is 12.7. The van der Waals surface area contributed by atoms with E-state index >= 15 is 0 Å². The van der Waals surface area contributed by atoms with E-state index in [1.54, 1.807) is 43.3 Å². The second kappa shape index (κ2) is 13.2. The Morgan fingerprint density at radius 2 is 1.79 bits per heavy atom. The molecular weight excluding hydrogens is 608 g/mol. The van der Waals surface area contributed by atoms with Gasteiger partial charge in [-0.05, 0) is 60.9 Å². The van der Waals surface area contributed by atoms with Crippen LogP contribution in [0.15, 0.2) is 76.9 Å². The fourth-order valence-corrected chi connectivity index (χ4v) is 4.57. The monoisotopic (exact) mass is 632 g/mol. The molecule has 1 atom stereocenters. The molecule has 2 heterocycles. The number of rotatable bonds is 3. The van der Waals surface area contributed by atoms with Crippen LogP contribution in [0.25, 0.3) is 6.08 Å². The van der Waals surface area contributed by atoms with Crippen molar-refractivity contribution in [2.24, 2.45) is 15.9 Å². The fraction of sp³-hybridized carbons (Fsp3) is 0.172. The molecule has 0 saturated heterocycles. The molecule has 43 heavy (non-hydrogen) atoms. The fourth-order valence-electron chi connectivity index (χ4n) is 4.24. The van der Waals surface area contributed by atoms with Gasteiger partial charge in [0.05, 0.1) is 22.5 Å². The van der Waals surface area contributed by atoms with Gasteiger partial charge in [0, 0.05) is 23.2 Å². The van der Waals surface area contributed by atoms with Crippen molar-refractivity contribution in [2.75, 3.05) is 12.5 Å². The molecule has 2 aliphatic rings. The number of carbonyl (C=O) groups is 2.